The molecule has 0 radical (unpaired) electrons. The van der Waals surface area contributed by atoms with Gasteiger partial charge in [-0.15, -0.1) is 0 Å². The highest BCUT2D eigenvalue weighted by atomic mass is 14.0. The number of rotatable bonds is 15. The third-order valence-electron chi connectivity index (χ3n) is 4.58. The Hall–Kier alpha value is -1.04. The van der Waals surface area contributed by atoms with Crippen molar-refractivity contribution in [3.05, 3.63) is 42.0 Å². The zero-order valence-electron chi connectivity index (χ0n) is 15.4. The van der Waals surface area contributed by atoms with Crippen molar-refractivity contribution in [2.24, 2.45) is 0 Å². The number of hydrogen-bond acceptors (Lipinski definition) is 0. The summed E-state index contributed by atoms with van der Waals surface area (Å²) >= 11 is 0. The maximum absolute atomic E-state index is 2.33. The second-order valence-electron chi connectivity index (χ2n) is 6.84. The number of unbranched alkanes of at least 4 members (excludes halogenated alkanes) is 13. The Morgan fingerprint density at radius 3 is 1.61 bits per heavy atom. The standard InChI is InChI=1S/C23H38/c1-2-3-4-5-6-7-8-9-10-11-12-13-14-15-17-20-23-21-18-16-19-22-23/h16-22H,2-15H2,1H3/b20-17+. The molecule has 130 valence electrons. The van der Waals surface area contributed by atoms with Gasteiger partial charge in [0.25, 0.3) is 0 Å². The maximum Gasteiger partial charge on any atom is -0.0260 e. The Morgan fingerprint density at radius 2 is 1.09 bits per heavy atom. The lowest BCUT2D eigenvalue weighted by Crippen LogP contribution is -1.82. The molecule has 0 aliphatic rings. The van der Waals surface area contributed by atoms with Gasteiger partial charge >= 0.3 is 0 Å². The van der Waals surface area contributed by atoms with E-state index in [0.717, 1.165) is 0 Å². The summed E-state index contributed by atoms with van der Waals surface area (Å²) in [6.07, 6.45) is 24.4. The fourth-order valence-corrected chi connectivity index (χ4v) is 3.06. The third-order valence-corrected chi connectivity index (χ3v) is 4.58. The molecule has 0 saturated heterocycles. The molecule has 23 heavy (non-hydrogen) atoms. The van der Waals surface area contributed by atoms with Crippen LogP contribution in [0.15, 0.2) is 36.4 Å². The molecule has 0 N–H and O–H groups in total. The van der Waals surface area contributed by atoms with Crippen LogP contribution in [0.1, 0.15) is 102 Å². The van der Waals surface area contributed by atoms with Gasteiger partial charge in [0, 0.05) is 0 Å². The van der Waals surface area contributed by atoms with E-state index >= 15 is 0 Å². The minimum atomic E-state index is 1.23. The van der Waals surface area contributed by atoms with Crippen LogP contribution in [0.4, 0.5) is 0 Å². The Balaban J connectivity index is 1.77. The Morgan fingerprint density at radius 1 is 0.609 bits per heavy atom. The first-order valence-corrected chi connectivity index (χ1v) is 10.1. The molecule has 0 aliphatic heterocycles. The Labute approximate surface area is 145 Å². The van der Waals surface area contributed by atoms with E-state index in [1.54, 1.807) is 0 Å². The molecule has 0 unspecified atom stereocenters. The van der Waals surface area contributed by atoms with E-state index in [0.29, 0.717) is 0 Å². The van der Waals surface area contributed by atoms with Crippen molar-refractivity contribution in [2.75, 3.05) is 0 Å². The molecule has 0 amide bonds. The van der Waals surface area contributed by atoms with Crippen molar-refractivity contribution in [1.82, 2.24) is 0 Å². The van der Waals surface area contributed by atoms with Crippen molar-refractivity contribution in [2.45, 2.75) is 96.8 Å². The summed E-state index contributed by atoms with van der Waals surface area (Å²) in [5.41, 5.74) is 1.32. The van der Waals surface area contributed by atoms with Gasteiger partial charge in [0.2, 0.25) is 0 Å². The Bertz CT molecular complexity index is 363. The molecular weight excluding hydrogens is 276 g/mol. The van der Waals surface area contributed by atoms with E-state index < -0.39 is 0 Å². The topological polar surface area (TPSA) is 0 Å². The first-order chi connectivity index (χ1) is 11.4. The van der Waals surface area contributed by atoms with Crippen LogP contribution >= 0.6 is 0 Å². The van der Waals surface area contributed by atoms with Gasteiger partial charge in [0.15, 0.2) is 0 Å². The lowest BCUT2D eigenvalue weighted by molar-refractivity contribution is 0.540. The van der Waals surface area contributed by atoms with Gasteiger partial charge in [0.1, 0.15) is 0 Å². The SMILES string of the molecule is CCCCCCCCCCCCCCC/C=C/c1ccccc1. The highest BCUT2D eigenvalue weighted by Crippen LogP contribution is 2.13. The average molecular weight is 315 g/mol. The van der Waals surface area contributed by atoms with Gasteiger partial charge in [-0.2, -0.15) is 0 Å². The van der Waals surface area contributed by atoms with Crippen molar-refractivity contribution in [3.8, 4) is 0 Å². The first-order valence-electron chi connectivity index (χ1n) is 10.1. The van der Waals surface area contributed by atoms with E-state index in [1.165, 1.54) is 95.5 Å². The van der Waals surface area contributed by atoms with Gasteiger partial charge in [0.05, 0.1) is 0 Å². The predicted octanol–water partition coefficient (Wildman–Crippen LogP) is 8.18. The van der Waals surface area contributed by atoms with Gasteiger partial charge in [-0.1, -0.05) is 126 Å². The van der Waals surface area contributed by atoms with Crippen LogP contribution in [0.5, 0.6) is 0 Å². The molecule has 0 heterocycles. The molecule has 0 heteroatoms. The molecule has 1 rings (SSSR count). The molecule has 1 aromatic carbocycles. The molecule has 0 aliphatic carbocycles. The van der Waals surface area contributed by atoms with Crippen LogP contribution in [0, 0.1) is 0 Å². The average Bonchev–Trinajstić information content (AvgIpc) is 2.59. The normalized spacial score (nSPS) is 11.3. The van der Waals surface area contributed by atoms with Crippen LogP contribution in [-0.2, 0) is 0 Å². The van der Waals surface area contributed by atoms with Crippen molar-refractivity contribution < 1.29 is 0 Å². The number of allylic oxidation sites excluding steroid dienone is 1. The lowest BCUT2D eigenvalue weighted by Gasteiger charge is -2.02. The predicted molar refractivity (Wildman–Crippen MR) is 106 cm³/mol. The summed E-state index contributed by atoms with van der Waals surface area (Å²) in [5, 5.41) is 0. The smallest absolute Gasteiger partial charge is 0.0260 e. The van der Waals surface area contributed by atoms with Gasteiger partial charge in [-0.05, 0) is 18.4 Å². The molecule has 0 aromatic heterocycles. The van der Waals surface area contributed by atoms with E-state index in [2.05, 4.69) is 49.4 Å². The molecule has 0 bridgehead atoms. The highest BCUT2D eigenvalue weighted by Gasteiger charge is 1.93. The largest absolute Gasteiger partial charge is 0.0839 e. The van der Waals surface area contributed by atoms with Crippen molar-refractivity contribution in [3.63, 3.8) is 0 Å². The van der Waals surface area contributed by atoms with Crippen LogP contribution in [0.25, 0.3) is 6.08 Å². The van der Waals surface area contributed by atoms with Crippen molar-refractivity contribution >= 4 is 6.08 Å². The quantitative estimate of drug-likeness (QED) is 0.286. The minimum Gasteiger partial charge on any atom is -0.0839 e. The van der Waals surface area contributed by atoms with Crippen LogP contribution in [-0.4, -0.2) is 0 Å². The second-order valence-corrected chi connectivity index (χ2v) is 6.84. The van der Waals surface area contributed by atoms with E-state index in [-0.39, 0.29) is 0 Å². The summed E-state index contributed by atoms with van der Waals surface area (Å²) in [6, 6.07) is 10.6. The fourth-order valence-electron chi connectivity index (χ4n) is 3.06. The molecular formula is C23H38. The number of benzene rings is 1. The summed E-state index contributed by atoms with van der Waals surface area (Å²) in [4.78, 5) is 0. The van der Waals surface area contributed by atoms with Gasteiger partial charge in [-0.3, -0.25) is 0 Å². The second kappa shape index (κ2) is 15.8. The summed E-state index contributed by atoms with van der Waals surface area (Å²) in [7, 11) is 0. The molecule has 0 nitrogen and oxygen atoms in total. The zero-order valence-corrected chi connectivity index (χ0v) is 15.4. The van der Waals surface area contributed by atoms with Crippen LogP contribution < -0.4 is 0 Å². The maximum atomic E-state index is 2.33. The Kier molecular flexibility index (Phi) is 13.8. The van der Waals surface area contributed by atoms with E-state index in [9.17, 15) is 0 Å². The van der Waals surface area contributed by atoms with Gasteiger partial charge < -0.3 is 0 Å². The zero-order chi connectivity index (χ0) is 16.4. The molecule has 0 atom stereocenters. The summed E-state index contributed by atoms with van der Waals surface area (Å²) < 4.78 is 0. The minimum absolute atomic E-state index is 1.23. The molecule has 0 fully saturated rings. The lowest BCUT2D eigenvalue weighted by atomic mass is 10.0. The summed E-state index contributed by atoms with van der Waals surface area (Å²) in [6.45, 7) is 2.29. The third kappa shape index (κ3) is 13.1. The van der Waals surface area contributed by atoms with Crippen LogP contribution in [0.3, 0.4) is 0 Å². The number of hydrogen-bond donors (Lipinski definition) is 0. The van der Waals surface area contributed by atoms with Gasteiger partial charge in [-0.25, -0.2) is 0 Å². The van der Waals surface area contributed by atoms with E-state index in [1.807, 2.05) is 0 Å². The molecule has 0 spiro atoms. The highest BCUT2D eigenvalue weighted by molar-refractivity contribution is 5.48. The molecule has 0 saturated carbocycles. The first kappa shape index (κ1) is 20.0. The molecule has 1 aromatic rings. The summed E-state index contributed by atoms with van der Waals surface area (Å²) in [5.74, 6) is 0. The van der Waals surface area contributed by atoms with Crippen molar-refractivity contribution in [1.29, 1.82) is 0 Å². The van der Waals surface area contributed by atoms with Crippen LogP contribution in [0.2, 0.25) is 0 Å². The fraction of sp³-hybridized carbons (Fsp3) is 0.652. The monoisotopic (exact) mass is 314 g/mol. The van der Waals surface area contributed by atoms with E-state index in [4.69, 9.17) is 0 Å².